The number of carbonyl (C=O) groups excluding carboxylic acids is 1. The van der Waals surface area contributed by atoms with Crippen molar-refractivity contribution in [3.05, 3.63) is 41.2 Å². The van der Waals surface area contributed by atoms with Gasteiger partial charge < -0.3 is 9.80 Å². The van der Waals surface area contributed by atoms with Crippen LogP contribution in [0.4, 0.5) is 5.13 Å². The van der Waals surface area contributed by atoms with Crippen molar-refractivity contribution in [1.82, 2.24) is 14.3 Å². The van der Waals surface area contributed by atoms with Gasteiger partial charge in [0.1, 0.15) is 0 Å². The van der Waals surface area contributed by atoms with Crippen molar-refractivity contribution in [2.45, 2.75) is 11.5 Å². The molecule has 0 bridgehead atoms. The van der Waals surface area contributed by atoms with Gasteiger partial charge in [0.05, 0.1) is 5.75 Å². The zero-order valence-corrected chi connectivity index (χ0v) is 14.9. The van der Waals surface area contributed by atoms with E-state index in [1.165, 1.54) is 17.1 Å². The molecule has 0 spiro atoms. The summed E-state index contributed by atoms with van der Waals surface area (Å²) >= 11 is 3.19. The molecule has 1 amide bonds. The highest BCUT2D eigenvalue weighted by Crippen LogP contribution is 2.20. The van der Waals surface area contributed by atoms with Gasteiger partial charge in [0.2, 0.25) is 5.13 Å². The van der Waals surface area contributed by atoms with Crippen LogP contribution in [-0.2, 0) is 11.5 Å². The van der Waals surface area contributed by atoms with Gasteiger partial charge in [0.25, 0.3) is 5.91 Å². The fourth-order valence-electron chi connectivity index (χ4n) is 1.75. The lowest BCUT2D eigenvalue weighted by Gasteiger charge is -2.10. The Morgan fingerprint density at radius 2 is 1.82 bits per heavy atom. The van der Waals surface area contributed by atoms with Crippen LogP contribution in [0.15, 0.2) is 24.3 Å². The minimum absolute atomic E-state index is 0.0297. The minimum Gasteiger partial charge on any atom is -0.353 e. The third-order valence-electron chi connectivity index (χ3n) is 2.95. The first-order chi connectivity index (χ1) is 10.5. The molecular weight excluding hydrogens is 316 g/mol. The van der Waals surface area contributed by atoms with Crippen molar-refractivity contribution in [2.75, 3.05) is 33.1 Å². The summed E-state index contributed by atoms with van der Waals surface area (Å²) in [6.45, 7) is 0. The van der Waals surface area contributed by atoms with Crippen LogP contribution in [0.25, 0.3) is 0 Å². The predicted molar refractivity (Wildman–Crippen MR) is 93.7 cm³/mol. The fourth-order valence-corrected chi connectivity index (χ4v) is 3.27. The predicted octanol–water partition coefficient (Wildman–Crippen LogP) is 2.74. The van der Waals surface area contributed by atoms with E-state index in [0.717, 1.165) is 28.0 Å². The molecule has 5 nitrogen and oxygen atoms in total. The molecule has 1 aromatic carbocycles. The zero-order valence-electron chi connectivity index (χ0n) is 13.2. The standard InChI is InChI=1S/C15H20N4OS2/c1-18(2)14(20)12-7-5-11(6-8-12)9-21-10-13-16-15(19(3)4)22-17-13/h5-8H,9-10H2,1-4H3. The minimum atomic E-state index is 0.0297. The topological polar surface area (TPSA) is 49.3 Å². The Morgan fingerprint density at radius 1 is 1.14 bits per heavy atom. The summed E-state index contributed by atoms with van der Waals surface area (Å²) in [7, 11) is 7.45. The van der Waals surface area contributed by atoms with Crippen molar-refractivity contribution < 1.29 is 4.79 Å². The lowest BCUT2D eigenvalue weighted by molar-refractivity contribution is 0.0827. The number of rotatable bonds is 6. The van der Waals surface area contributed by atoms with Crippen LogP contribution in [0.1, 0.15) is 21.7 Å². The van der Waals surface area contributed by atoms with E-state index < -0.39 is 0 Å². The van der Waals surface area contributed by atoms with Gasteiger partial charge in [-0.15, -0.1) is 11.8 Å². The number of anilines is 1. The molecule has 0 radical (unpaired) electrons. The molecule has 7 heteroatoms. The summed E-state index contributed by atoms with van der Waals surface area (Å²) in [5.74, 6) is 2.58. The van der Waals surface area contributed by atoms with Gasteiger partial charge in [0, 0.05) is 51.0 Å². The summed E-state index contributed by atoms with van der Waals surface area (Å²) < 4.78 is 4.34. The Labute approximate surface area is 139 Å². The second-order valence-corrected chi connectivity index (χ2v) is 6.99. The highest BCUT2D eigenvalue weighted by molar-refractivity contribution is 7.97. The summed E-state index contributed by atoms with van der Waals surface area (Å²) in [5, 5.41) is 0.933. The quantitative estimate of drug-likeness (QED) is 0.812. The molecule has 0 saturated carbocycles. The highest BCUT2D eigenvalue weighted by atomic mass is 32.2. The van der Waals surface area contributed by atoms with E-state index in [2.05, 4.69) is 9.36 Å². The first kappa shape index (κ1) is 16.8. The van der Waals surface area contributed by atoms with Gasteiger partial charge in [-0.3, -0.25) is 4.79 Å². The fraction of sp³-hybridized carbons (Fsp3) is 0.400. The maximum absolute atomic E-state index is 11.8. The van der Waals surface area contributed by atoms with Crippen molar-refractivity contribution in [2.24, 2.45) is 0 Å². The van der Waals surface area contributed by atoms with E-state index in [1.54, 1.807) is 30.8 Å². The van der Waals surface area contributed by atoms with Gasteiger partial charge in [-0.05, 0) is 17.7 Å². The van der Waals surface area contributed by atoms with Crippen molar-refractivity contribution >= 4 is 34.3 Å². The lowest BCUT2D eigenvalue weighted by atomic mass is 10.1. The largest absolute Gasteiger partial charge is 0.353 e. The summed E-state index contributed by atoms with van der Waals surface area (Å²) in [6.07, 6.45) is 0. The van der Waals surface area contributed by atoms with Crippen LogP contribution in [-0.4, -0.2) is 48.4 Å². The Bertz CT molecular complexity index is 623. The molecular formula is C15H20N4OS2. The molecule has 0 aliphatic heterocycles. The van der Waals surface area contributed by atoms with Crippen molar-refractivity contribution in [3.63, 3.8) is 0 Å². The number of amides is 1. The summed E-state index contributed by atoms with van der Waals surface area (Å²) in [5.41, 5.74) is 1.92. The average Bonchev–Trinajstić information content (AvgIpc) is 2.96. The van der Waals surface area contributed by atoms with E-state index in [-0.39, 0.29) is 5.91 Å². The summed E-state index contributed by atoms with van der Waals surface area (Å²) in [6, 6.07) is 7.76. The molecule has 0 aliphatic carbocycles. The van der Waals surface area contributed by atoms with E-state index in [1.807, 2.05) is 43.3 Å². The molecule has 1 aromatic heterocycles. The van der Waals surface area contributed by atoms with E-state index in [9.17, 15) is 4.79 Å². The number of carbonyl (C=O) groups is 1. The van der Waals surface area contributed by atoms with Gasteiger partial charge in [0.15, 0.2) is 5.82 Å². The Morgan fingerprint density at radius 3 is 2.36 bits per heavy atom. The maximum atomic E-state index is 11.8. The molecule has 0 saturated heterocycles. The molecule has 0 N–H and O–H groups in total. The van der Waals surface area contributed by atoms with Crippen LogP contribution in [0.2, 0.25) is 0 Å². The molecule has 2 aromatic rings. The Kier molecular flexibility index (Phi) is 5.79. The monoisotopic (exact) mass is 336 g/mol. The Balaban J connectivity index is 1.85. The van der Waals surface area contributed by atoms with Crippen molar-refractivity contribution in [1.29, 1.82) is 0 Å². The third kappa shape index (κ3) is 4.45. The smallest absolute Gasteiger partial charge is 0.253 e. The van der Waals surface area contributed by atoms with Gasteiger partial charge in [-0.2, -0.15) is 4.37 Å². The first-order valence-corrected chi connectivity index (χ1v) is 8.78. The molecule has 22 heavy (non-hydrogen) atoms. The van der Waals surface area contributed by atoms with Gasteiger partial charge in [-0.1, -0.05) is 12.1 Å². The molecule has 0 unspecified atom stereocenters. The molecule has 118 valence electrons. The first-order valence-electron chi connectivity index (χ1n) is 6.85. The van der Waals surface area contributed by atoms with E-state index in [4.69, 9.17) is 0 Å². The number of hydrogen-bond donors (Lipinski definition) is 0. The third-order valence-corrected chi connectivity index (χ3v) is 4.87. The van der Waals surface area contributed by atoms with E-state index >= 15 is 0 Å². The molecule has 0 fully saturated rings. The molecule has 0 atom stereocenters. The lowest BCUT2D eigenvalue weighted by Crippen LogP contribution is -2.21. The molecule has 1 heterocycles. The highest BCUT2D eigenvalue weighted by Gasteiger charge is 2.08. The van der Waals surface area contributed by atoms with Crippen LogP contribution in [0, 0.1) is 0 Å². The van der Waals surface area contributed by atoms with Crippen LogP contribution >= 0.6 is 23.3 Å². The summed E-state index contributed by atoms with van der Waals surface area (Å²) in [4.78, 5) is 19.8. The maximum Gasteiger partial charge on any atom is 0.253 e. The van der Waals surface area contributed by atoms with E-state index in [0.29, 0.717) is 0 Å². The van der Waals surface area contributed by atoms with Gasteiger partial charge >= 0.3 is 0 Å². The van der Waals surface area contributed by atoms with Crippen molar-refractivity contribution in [3.8, 4) is 0 Å². The number of nitrogens with zero attached hydrogens (tertiary/aromatic N) is 4. The SMILES string of the molecule is CN(C)C(=O)c1ccc(CSCc2nsc(N(C)C)n2)cc1. The molecule has 2 rings (SSSR count). The Hall–Kier alpha value is -1.60. The average molecular weight is 336 g/mol. The number of hydrogen-bond acceptors (Lipinski definition) is 6. The van der Waals surface area contributed by atoms with Gasteiger partial charge in [-0.25, -0.2) is 4.98 Å². The second-order valence-electron chi connectivity index (χ2n) is 5.28. The normalized spacial score (nSPS) is 10.5. The number of thioether (sulfide) groups is 1. The second kappa shape index (κ2) is 7.60. The van der Waals surface area contributed by atoms with Crippen LogP contribution < -0.4 is 4.90 Å². The number of aromatic nitrogens is 2. The van der Waals surface area contributed by atoms with Crippen LogP contribution in [0.3, 0.4) is 0 Å². The zero-order chi connectivity index (χ0) is 16.1. The number of benzene rings is 1. The van der Waals surface area contributed by atoms with Crippen LogP contribution in [0.5, 0.6) is 0 Å². The molecule has 0 aliphatic rings.